The van der Waals surface area contributed by atoms with E-state index >= 15 is 0 Å². The normalized spacial score (nSPS) is 16.6. The fraction of sp³-hybridized carbons (Fsp3) is 0.0909. The molecule has 272 valence electrons. The third kappa shape index (κ3) is 5.71. The van der Waals surface area contributed by atoms with Crippen molar-refractivity contribution in [2.24, 2.45) is 5.92 Å². The first-order valence-corrected chi connectivity index (χ1v) is 20.3. The van der Waals surface area contributed by atoms with Crippen molar-refractivity contribution < 1.29 is 0 Å². The largest absolute Gasteiger partial charge is 0.309 e. The van der Waals surface area contributed by atoms with Gasteiger partial charge in [0.05, 0.1) is 22.1 Å². The molecule has 2 heteroatoms. The molecule has 0 spiro atoms. The van der Waals surface area contributed by atoms with Crippen molar-refractivity contribution in [2.45, 2.75) is 25.7 Å². The Balaban J connectivity index is 1.10. The summed E-state index contributed by atoms with van der Waals surface area (Å²) in [6, 6.07) is 58.8. The van der Waals surface area contributed by atoms with E-state index in [1.165, 1.54) is 93.9 Å². The number of benzene rings is 7. The molecule has 7 aromatic carbocycles. The lowest BCUT2D eigenvalue weighted by atomic mass is 9.89. The summed E-state index contributed by atoms with van der Waals surface area (Å²) in [5, 5.41) is 5.03. The Labute approximate surface area is 333 Å². The van der Waals surface area contributed by atoms with Crippen LogP contribution >= 0.6 is 0 Å². The molecule has 2 atom stereocenters. The Morgan fingerprint density at radius 1 is 0.474 bits per heavy atom. The molecule has 2 aliphatic carbocycles. The minimum Gasteiger partial charge on any atom is -0.309 e. The second kappa shape index (κ2) is 13.7. The topological polar surface area (TPSA) is 9.86 Å². The van der Waals surface area contributed by atoms with E-state index in [9.17, 15) is 0 Å². The maximum absolute atomic E-state index is 2.48. The lowest BCUT2D eigenvalue weighted by Crippen LogP contribution is -2.01. The summed E-state index contributed by atoms with van der Waals surface area (Å²) < 4.78 is 4.94. The lowest BCUT2D eigenvalue weighted by Gasteiger charge is -2.18. The first kappa shape index (κ1) is 33.4. The zero-order valence-corrected chi connectivity index (χ0v) is 32.0. The van der Waals surface area contributed by atoms with E-state index in [1.807, 2.05) is 0 Å². The molecule has 57 heavy (non-hydrogen) atoms. The number of hydrogen-bond acceptors (Lipinski definition) is 0. The Hall–Kier alpha value is -6.90. The molecule has 0 amide bonds. The molecule has 0 N–H and O–H groups in total. The van der Waals surface area contributed by atoms with Gasteiger partial charge in [-0.25, -0.2) is 0 Å². The van der Waals surface area contributed by atoms with Gasteiger partial charge in [-0.15, -0.1) is 0 Å². The maximum atomic E-state index is 2.48. The summed E-state index contributed by atoms with van der Waals surface area (Å²) >= 11 is 0. The standard InChI is InChI=1S/C55H42N2/c1-37-14-12-19-41(32-37)40-26-29-45(30-27-40)57-53-25-11-8-20-48(53)50-23-13-22-47(55(50)57)42-28-31-54-51(36-42)49-21-9-10-24-52(49)56(54)46-34-43(38-15-4-2-5-16-38)33-44(35-46)39-17-6-3-7-18-39/h2-13,15-17,19-37,39H,14,18H2,1H3. The molecule has 2 aromatic heterocycles. The van der Waals surface area contributed by atoms with Gasteiger partial charge in [-0.2, -0.15) is 0 Å². The number of rotatable bonds is 6. The minimum absolute atomic E-state index is 0.338. The van der Waals surface area contributed by atoms with Crippen LogP contribution in [-0.2, 0) is 0 Å². The van der Waals surface area contributed by atoms with Crippen LogP contribution in [0.25, 0.3) is 82.8 Å². The fourth-order valence-electron chi connectivity index (χ4n) is 9.38. The van der Waals surface area contributed by atoms with Crippen molar-refractivity contribution in [1.29, 1.82) is 0 Å². The highest BCUT2D eigenvalue weighted by Crippen LogP contribution is 2.42. The van der Waals surface area contributed by atoms with Crippen molar-refractivity contribution in [3.8, 4) is 33.6 Å². The smallest absolute Gasteiger partial charge is 0.0619 e. The molecular formula is C55H42N2. The Morgan fingerprint density at radius 2 is 1.19 bits per heavy atom. The third-order valence-corrected chi connectivity index (χ3v) is 12.1. The molecule has 2 heterocycles. The van der Waals surface area contributed by atoms with Gasteiger partial charge < -0.3 is 9.13 Å². The van der Waals surface area contributed by atoms with Crippen LogP contribution in [0.15, 0.2) is 200 Å². The van der Waals surface area contributed by atoms with Crippen LogP contribution in [0.4, 0.5) is 0 Å². The number of hydrogen-bond donors (Lipinski definition) is 0. The van der Waals surface area contributed by atoms with E-state index < -0.39 is 0 Å². The predicted molar refractivity (Wildman–Crippen MR) is 243 cm³/mol. The van der Waals surface area contributed by atoms with Crippen LogP contribution in [0, 0.1) is 5.92 Å². The molecule has 11 rings (SSSR count). The fourth-order valence-corrected chi connectivity index (χ4v) is 9.38. The number of allylic oxidation sites excluding steroid dienone is 8. The van der Waals surface area contributed by atoms with Crippen LogP contribution < -0.4 is 0 Å². The van der Waals surface area contributed by atoms with Crippen LogP contribution in [0.5, 0.6) is 0 Å². The van der Waals surface area contributed by atoms with Gasteiger partial charge in [0.15, 0.2) is 0 Å². The Morgan fingerprint density at radius 3 is 1.98 bits per heavy atom. The van der Waals surface area contributed by atoms with E-state index in [4.69, 9.17) is 0 Å². The summed E-state index contributed by atoms with van der Waals surface area (Å²) in [6.07, 6.45) is 18.0. The second-order valence-electron chi connectivity index (χ2n) is 15.8. The number of aromatic nitrogens is 2. The van der Waals surface area contributed by atoms with Gasteiger partial charge in [-0.3, -0.25) is 0 Å². The molecule has 2 nitrogen and oxygen atoms in total. The predicted octanol–water partition coefficient (Wildman–Crippen LogP) is 14.8. The first-order valence-electron chi connectivity index (χ1n) is 20.3. The third-order valence-electron chi connectivity index (χ3n) is 12.1. The molecule has 0 bridgehead atoms. The van der Waals surface area contributed by atoms with E-state index in [-0.39, 0.29) is 0 Å². The molecule has 2 unspecified atom stereocenters. The summed E-state index contributed by atoms with van der Waals surface area (Å²) in [5.41, 5.74) is 16.0. The van der Waals surface area contributed by atoms with E-state index in [1.54, 1.807) is 0 Å². The Bertz CT molecular complexity index is 3130. The van der Waals surface area contributed by atoms with Gasteiger partial charge in [0.25, 0.3) is 0 Å². The summed E-state index contributed by atoms with van der Waals surface area (Å²) in [7, 11) is 0. The van der Waals surface area contributed by atoms with Gasteiger partial charge >= 0.3 is 0 Å². The number of fused-ring (bicyclic) bond motifs is 6. The zero-order valence-electron chi connectivity index (χ0n) is 32.0. The van der Waals surface area contributed by atoms with E-state index in [0.717, 1.165) is 12.8 Å². The van der Waals surface area contributed by atoms with Crippen molar-refractivity contribution in [3.63, 3.8) is 0 Å². The van der Waals surface area contributed by atoms with E-state index in [2.05, 4.69) is 216 Å². The van der Waals surface area contributed by atoms with Crippen molar-refractivity contribution in [1.82, 2.24) is 9.13 Å². The second-order valence-corrected chi connectivity index (χ2v) is 15.8. The van der Waals surface area contributed by atoms with Crippen molar-refractivity contribution in [3.05, 3.63) is 211 Å². The molecule has 2 aliphatic rings. The van der Waals surface area contributed by atoms with Gasteiger partial charge in [-0.05, 0) is 101 Å². The molecule has 0 radical (unpaired) electrons. The van der Waals surface area contributed by atoms with Gasteiger partial charge in [0.1, 0.15) is 0 Å². The quantitative estimate of drug-likeness (QED) is 0.161. The highest BCUT2D eigenvalue weighted by Gasteiger charge is 2.20. The first-order chi connectivity index (χ1) is 28.2. The zero-order chi connectivity index (χ0) is 37.9. The summed E-state index contributed by atoms with van der Waals surface area (Å²) in [5.74, 6) is 0.898. The SMILES string of the molecule is CC1C=C(c2ccc(-n3c4ccccc4c4cccc(-c5ccc6c(c5)c5ccccc5n6-c5cc(-c6ccccc6)cc(C6C=CC=CC6)c5)c43)cc2)C=CC1. The molecule has 0 saturated carbocycles. The molecule has 0 aliphatic heterocycles. The van der Waals surface area contributed by atoms with Crippen LogP contribution in [-0.4, -0.2) is 9.13 Å². The average molecular weight is 731 g/mol. The van der Waals surface area contributed by atoms with Crippen LogP contribution in [0.2, 0.25) is 0 Å². The molecule has 0 saturated heterocycles. The summed E-state index contributed by atoms with van der Waals surface area (Å²) in [6.45, 7) is 2.29. The highest BCUT2D eigenvalue weighted by atomic mass is 15.0. The molecule has 9 aromatic rings. The average Bonchev–Trinajstić information content (AvgIpc) is 3.80. The van der Waals surface area contributed by atoms with Crippen molar-refractivity contribution in [2.75, 3.05) is 0 Å². The highest BCUT2D eigenvalue weighted by molar-refractivity contribution is 6.15. The Kier molecular flexibility index (Phi) is 8.03. The van der Waals surface area contributed by atoms with Crippen LogP contribution in [0.1, 0.15) is 36.8 Å². The minimum atomic E-state index is 0.338. The number of nitrogens with zero attached hydrogens (tertiary/aromatic N) is 2. The monoisotopic (exact) mass is 730 g/mol. The molecular weight excluding hydrogens is 689 g/mol. The van der Waals surface area contributed by atoms with Crippen LogP contribution in [0.3, 0.4) is 0 Å². The summed E-state index contributed by atoms with van der Waals surface area (Å²) in [4.78, 5) is 0. The van der Waals surface area contributed by atoms with Crippen molar-refractivity contribution >= 4 is 49.2 Å². The lowest BCUT2D eigenvalue weighted by molar-refractivity contribution is 0.740. The van der Waals surface area contributed by atoms with Gasteiger partial charge in [0, 0.05) is 44.4 Å². The molecule has 0 fully saturated rings. The van der Waals surface area contributed by atoms with E-state index in [0.29, 0.717) is 11.8 Å². The van der Waals surface area contributed by atoms with Gasteiger partial charge in [0.2, 0.25) is 0 Å². The van der Waals surface area contributed by atoms with Gasteiger partial charge in [-0.1, -0.05) is 159 Å². The maximum Gasteiger partial charge on any atom is 0.0619 e. The number of para-hydroxylation sites is 3.